The molecule has 3 heterocycles. The van der Waals surface area contributed by atoms with E-state index in [0.29, 0.717) is 17.7 Å². The third kappa shape index (κ3) is 4.57. The quantitative estimate of drug-likeness (QED) is 0.413. The number of hydrogen-bond donors (Lipinski definition) is 0. The number of benzene rings is 2. The maximum atomic E-state index is 12.7. The van der Waals surface area contributed by atoms with Crippen molar-refractivity contribution >= 4 is 22.8 Å². The smallest absolute Gasteiger partial charge is 0.323 e. The van der Waals surface area contributed by atoms with Crippen molar-refractivity contribution in [3.63, 3.8) is 0 Å². The van der Waals surface area contributed by atoms with Gasteiger partial charge in [0, 0.05) is 58.4 Å². The zero-order valence-corrected chi connectivity index (χ0v) is 20.7. The zero-order chi connectivity index (χ0) is 24.5. The SMILES string of the molecule is Cn1c(=O)c2c(ncn2CCN2CCN(C(c3ccccc3)c3ccc(Cl)cc3)CC2)n(C)c1=O. The lowest BCUT2D eigenvalue weighted by molar-refractivity contribution is 0.107. The van der Waals surface area contributed by atoms with Gasteiger partial charge < -0.3 is 4.57 Å². The monoisotopic (exact) mass is 492 g/mol. The summed E-state index contributed by atoms with van der Waals surface area (Å²) in [5, 5.41) is 0.743. The second kappa shape index (κ2) is 9.81. The number of rotatable bonds is 6. The van der Waals surface area contributed by atoms with Crippen LogP contribution >= 0.6 is 11.6 Å². The minimum atomic E-state index is -0.363. The molecule has 0 N–H and O–H groups in total. The van der Waals surface area contributed by atoms with Crippen LogP contribution in [-0.2, 0) is 20.6 Å². The highest BCUT2D eigenvalue weighted by Gasteiger charge is 2.26. The Morgan fingerprint density at radius 2 is 1.51 bits per heavy atom. The maximum absolute atomic E-state index is 12.7. The molecule has 1 unspecified atom stereocenters. The highest BCUT2D eigenvalue weighted by atomic mass is 35.5. The van der Waals surface area contributed by atoms with Gasteiger partial charge >= 0.3 is 5.69 Å². The number of halogens is 1. The van der Waals surface area contributed by atoms with Crippen LogP contribution < -0.4 is 11.2 Å². The number of imidazole rings is 1. The predicted molar refractivity (Wildman–Crippen MR) is 138 cm³/mol. The summed E-state index contributed by atoms with van der Waals surface area (Å²) < 4.78 is 4.43. The molecule has 182 valence electrons. The van der Waals surface area contributed by atoms with Crippen molar-refractivity contribution in [2.75, 3.05) is 32.7 Å². The summed E-state index contributed by atoms with van der Waals surface area (Å²) in [6.45, 7) is 5.18. The molecule has 1 aliphatic heterocycles. The van der Waals surface area contributed by atoms with Crippen LogP contribution in [0.25, 0.3) is 11.2 Å². The molecule has 5 rings (SSSR count). The molecule has 0 aliphatic carbocycles. The van der Waals surface area contributed by atoms with Crippen molar-refractivity contribution in [3.8, 4) is 0 Å². The lowest BCUT2D eigenvalue weighted by Crippen LogP contribution is -2.48. The molecule has 35 heavy (non-hydrogen) atoms. The summed E-state index contributed by atoms with van der Waals surface area (Å²) in [5.74, 6) is 0. The van der Waals surface area contributed by atoms with Gasteiger partial charge in [0.1, 0.15) is 0 Å². The Balaban J connectivity index is 1.29. The highest BCUT2D eigenvalue weighted by Crippen LogP contribution is 2.30. The number of nitrogens with zero attached hydrogens (tertiary/aromatic N) is 6. The molecule has 1 fully saturated rings. The van der Waals surface area contributed by atoms with Crippen LogP contribution in [0.2, 0.25) is 5.02 Å². The average Bonchev–Trinajstić information content (AvgIpc) is 3.32. The van der Waals surface area contributed by atoms with Crippen LogP contribution in [0.4, 0.5) is 0 Å². The standard InChI is InChI=1S/C26H29ClN6O2/c1-29-24-23(25(34)30(2)26(29)35)33(18-28-24)17-14-31-12-15-32(16-13-31)22(19-6-4-3-5-7-19)20-8-10-21(27)11-9-20/h3-11,18,22H,12-17H2,1-2H3. The maximum Gasteiger partial charge on any atom is 0.332 e. The lowest BCUT2D eigenvalue weighted by Gasteiger charge is -2.40. The number of hydrogen-bond acceptors (Lipinski definition) is 5. The first-order chi connectivity index (χ1) is 16.9. The fraction of sp³-hybridized carbons (Fsp3) is 0.346. The van der Waals surface area contributed by atoms with Gasteiger partial charge in [-0.15, -0.1) is 0 Å². The summed E-state index contributed by atoms with van der Waals surface area (Å²) in [6.07, 6.45) is 1.66. The molecule has 2 aromatic heterocycles. The van der Waals surface area contributed by atoms with Crippen molar-refractivity contribution in [1.29, 1.82) is 0 Å². The first kappa shape index (κ1) is 23.5. The van der Waals surface area contributed by atoms with Crippen molar-refractivity contribution in [1.82, 2.24) is 28.5 Å². The van der Waals surface area contributed by atoms with Crippen molar-refractivity contribution in [2.24, 2.45) is 14.1 Å². The first-order valence-electron chi connectivity index (χ1n) is 11.8. The van der Waals surface area contributed by atoms with Crippen LogP contribution in [0.1, 0.15) is 17.2 Å². The van der Waals surface area contributed by atoms with E-state index in [1.54, 1.807) is 13.4 Å². The van der Waals surface area contributed by atoms with Gasteiger partial charge in [-0.05, 0) is 23.3 Å². The Labute approximate surface area is 208 Å². The van der Waals surface area contributed by atoms with E-state index in [-0.39, 0.29) is 17.3 Å². The van der Waals surface area contributed by atoms with Gasteiger partial charge in [0.2, 0.25) is 0 Å². The number of aryl methyl sites for hydroxylation is 1. The normalized spacial score (nSPS) is 16.1. The zero-order valence-electron chi connectivity index (χ0n) is 20.0. The Hall–Kier alpha value is -3.20. The van der Waals surface area contributed by atoms with Gasteiger partial charge in [0.05, 0.1) is 12.4 Å². The molecule has 1 aliphatic rings. The summed E-state index contributed by atoms with van der Waals surface area (Å²) in [6, 6.07) is 18.9. The van der Waals surface area contributed by atoms with Crippen molar-refractivity contribution in [3.05, 3.63) is 97.9 Å². The van der Waals surface area contributed by atoms with E-state index in [1.807, 2.05) is 22.8 Å². The minimum Gasteiger partial charge on any atom is -0.323 e. The molecule has 0 radical (unpaired) electrons. The van der Waals surface area contributed by atoms with Crippen LogP contribution in [0, 0.1) is 0 Å². The topological polar surface area (TPSA) is 68.3 Å². The molecule has 8 nitrogen and oxygen atoms in total. The van der Waals surface area contributed by atoms with Gasteiger partial charge in [-0.2, -0.15) is 0 Å². The van der Waals surface area contributed by atoms with Crippen molar-refractivity contribution < 1.29 is 0 Å². The van der Waals surface area contributed by atoms with Gasteiger partial charge in [0.15, 0.2) is 11.2 Å². The van der Waals surface area contributed by atoms with Crippen molar-refractivity contribution in [2.45, 2.75) is 12.6 Å². The van der Waals surface area contributed by atoms with E-state index >= 15 is 0 Å². The Kier molecular flexibility index (Phi) is 6.60. The van der Waals surface area contributed by atoms with E-state index in [9.17, 15) is 9.59 Å². The largest absolute Gasteiger partial charge is 0.332 e. The average molecular weight is 493 g/mol. The van der Waals surface area contributed by atoms with Gasteiger partial charge in [0.25, 0.3) is 5.56 Å². The van der Waals surface area contributed by atoms with E-state index in [0.717, 1.165) is 42.3 Å². The van der Waals surface area contributed by atoms with E-state index in [4.69, 9.17) is 11.6 Å². The van der Waals surface area contributed by atoms with Gasteiger partial charge in [-0.1, -0.05) is 54.1 Å². The second-order valence-corrected chi connectivity index (χ2v) is 9.49. The molecule has 9 heteroatoms. The highest BCUT2D eigenvalue weighted by molar-refractivity contribution is 6.30. The molecule has 4 aromatic rings. The van der Waals surface area contributed by atoms with E-state index in [2.05, 4.69) is 51.2 Å². The molecule has 0 spiro atoms. The molecular weight excluding hydrogens is 464 g/mol. The molecule has 1 atom stereocenters. The summed E-state index contributed by atoms with van der Waals surface area (Å²) in [5.41, 5.74) is 2.74. The van der Waals surface area contributed by atoms with Crippen LogP contribution in [0.5, 0.6) is 0 Å². The number of aromatic nitrogens is 4. The third-order valence-electron chi connectivity index (χ3n) is 6.95. The van der Waals surface area contributed by atoms with Crippen LogP contribution in [0.15, 0.2) is 70.5 Å². The summed E-state index contributed by atoms with van der Waals surface area (Å²) >= 11 is 6.15. The molecule has 0 saturated carbocycles. The van der Waals surface area contributed by atoms with E-state index in [1.165, 1.54) is 22.7 Å². The van der Waals surface area contributed by atoms with Gasteiger partial charge in [-0.3, -0.25) is 23.7 Å². The second-order valence-electron chi connectivity index (χ2n) is 9.06. The Bertz CT molecular complexity index is 1430. The number of fused-ring (bicyclic) bond motifs is 1. The van der Waals surface area contributed by atoms with E-state index < -0.39 is 0 Å². The molecule has 1 saturated heterocycles. The predicted octanol–water partition coefficient (Wildman–Crippen LogP) is 2.49. The van der Waals surface area contributed by atoms with Gasteiger partial charge in [-0.25, -0.2) is 9.78 Å². The van der Waals surface area contributed by atoms with Crippen LogP contribution in [-0.4, -0.2) is 61.2 Å². The molecular formula is C26H29ClN6O2. The third-order valence-corrected chi connectivity index (χ3v) is 7.20. The Morgan fingerprint density at radius 3 is 2.20 bits per heavy atom. The summed E-state index contributed by atoms with van der Waals surface area (Å²) in [4.78, 5) is 34.2. The fourth-order valence-corrected chi connectivity index (χ4v) is 5.08. The molecule has 2 aromatic carbocycles. The molecule has 0 bridgehead atoms. The number of piperazine rings is 1. The van der Waals surface area contributed by atoms with Crippen LogP contribution in [0.3, 0.4) is 0 Å². The fourth-order valence-electron chi connectivity index (χ4n) is 4.96. The first-order valence-corrected chi connectivity index (χ1v) is 12.2. The summed E-state index contributed by atoms with van der Waals surface area (Å²) in [7, 11) is 3.15. The molecule has 0 amide bonds. The Morgan fingerprint density at radius 1 is 0.857 bits per heavy atom. The minimum absolute atomic E-state index is 0.178. The lowest BCUT2D eigenvalue weighted by atomic mass is 9.96.